The molecule has 12 N–H and O–H groups in total. The van der Waals surface area contributed by atoms with Crippen LogP contribution in [0.15, 0.2) is 60.8 Å². The first-order chi connectivity index (χ1) is 45.3. The van der Waals surface area contributed by atoms with Gasteiger partial charge in [0.05, 0.1) is 38.6 Å². The fraction of sp³-hybridized carbons (Fsp3) is 0.851. The lowest BCUT2D eigenvalue weighted by Crippen LogP contribution is -2.66. The van der Waals surface area contributed by atoms with Crippen LogP contribution in [0.2, 0.25) is 0 Å². The summed E-state index contributed by atoms with van der Waals surface area (Å²) in [4.78, 5) is 13.4. The van der Waals surface area contributed by atoms with E-state index in [0.29, 0.717) is 12.8 Å². The van der Waals surface area contributed by atoms with Gasteiger partial charge in [-0.05, 0) is 77.0 Å². The number of aliphatic hydroxyl groups is 11. The van der Waals surface area contributed by atoms with E-state index in [0.717, 1.165) is 51.4 Å². The number of ether oxygens (including phenoxy) is 6. The van der Waals surface area contributed by atoms with E-state index >= 15 is 0 Å². The molecule has 0 spiro atoms. The number of carbonyl (C=O) groups is 1. The van der Waals surface area contributed by atoms with Crippen LogP contribution in [0, 0.1) is 0 Å². The summed E-state index contributed by atoms with van der Waals surface area (Å²) in [6.07, 6.45) is 42.1. The summed E-state index contributed by atoms with van der Waals surface area (Å²) in [7, 11) is 0. The van der Waals surface area contributed by atoms with E-state index in [1.54, 1.807) is 6.08 Å². The average molecular weight is 1320 g/mol. The van der Waals surface area contributed by atoms with Crippen LogP contribution in [0.1, 0.15) is 271 Å². The Hall–Kier alpha value is -2.51. The van der Waals surface area contributed by atoms with Crippen molar-refractivity contribution in [2.24, 2.45) is 0 Å². The number of nitrogens with one attached hydrogen (secondary N) is 1. The summed E-state index contributed by atoms with van der Waals surface area (Å²) < 4.78 is 34.3. The Kier molecular flexibility index (Phi) is 50.4. The van der Waals surface area contributed by atoms with E-state index in [1.165, 1.54) is 186 Å². The average Bonchev–Trinajstić information content (AvgIpc) is 0.900. The van der Waals surface area contributed by atoms with Gasteiger partial charge >= 0.3 is 0 Å². The van der Waals surface area contributed by atoms with Crippen molar-refractivity contribution in [1.29, 1.82) is 0 Å². The lowest BCUT2D eigenvalue weighted by Gasteiger charge is -2.48. The Morgan fingerprint density at radius 3 is 1.14 bits per heavy atom. The lowest BCUT2D eigenvalue weighted by molar-refractivity contribution is -0.379. The van der Waals surface area contributed by atoms with E-state index in [2.05, 4.69) is 67.8 Å². The highest BCUT2D eigenvalue weighted by Gasteiger charge is 2.53. The molecule has 1 amide bonds. The molecule has 0 bridgehead atoms. The molecule has 542 valence electrons. The second-order valence-corrected chi connectivity index (χ2v) is 26.4. The summed E-state index contributed by atoms with van der Waals surface area (Å²) >= 11 is 0. The first-order valence-electron chi connectivity index (χ1n) is 37.0. The van der Waals surface area contributed by atoms with E-state index in [-0.39, 0.29) is 18.9 Å². The van der Waals surface area contributed by atoms with Gasteiger partial charge in [0.15, 0.2) is 18.9 Å². The van der Waals surface area contributed by atoms with Crippen LogP contribution in [0.3, 0.4) is 0 Å². The molecule has 19 nitrogen and oxygen atoms in total. The van der Waals surface area contributed by atoms with Crippen molar-refractivity contribution >= 4 is 5.91 Å². The van der Waals surface area contributed by atoms with E-state index in [9.17, 15) is 61.0 Å². The minimum absolute atomic E-state index is 0.233. The maximum Gasteiger partial charge on any atom is 0.220 e. The van der Waals surface area contributed by atoms with Crippen LogP contribution in [0.5, 0.6) is 0 Å². The molecule has 0 aromatic carbocycles. The van der Waals surface area contributed by atoms with Crippen molar-refractivity contribution in [3.63, 3.8) is 0 Å². The summed E-state index contributed by atoms with van der Waals surface area (Å²) in [5.74, 6) is -0.288. The molecule has 17 unspecified atom stereocenters. The molecule has 3 saturated heterocycles. The van der Waals surface area contributed by atoms with Crippen molar-refractivity contribution in [2.75, 3.05) is 26.4 Å². The molecule has 3 heterocycles. The van der Waals surface area contributed by atoms with Gasteiger partial charge in [-0.2, -0.15) is 0 Å². The first kappa shape index (κ1) is 84.7. The van der Waals surface area contributed by atoms with Crippen molar-refractivity contribution in [1.82, 2.24) is 5.32 Å². The standard InChI is InChI=1S/C74H133NO18/c1-3-5-7-9-11-13-15-17-19-21-22-23-24-25-26-27-28-29-30-31-32-33-34-36-38-40-42-44-46-48-50-52-62(80)75-57(58(79)51-49-47-45-43-41-39-37-35-20-18-16-14-12-10-8-6-4-2)56-88-72-68(86)65(83)70(60(54-77)90-72)93-74-69(87)66(84)71(61(55-78)91-74)92-73-67(85)64(82)63(81)59(53-76)89-73/h15,17,20-22,35,41,43,49,51,57-61,63-74,76-79,81-87H,3-14,16,18-19,23-34,36-40,42,44-48,50,52-56H2,1-2H3,(H,75,80)/b17-15-,22-21-,35-20+,43-41+,51-49+. The fourth-order valence-electron chi connectivity index (χ4n) is 12.3. The zero-order valence-electron chi connectivity index (χ0n) is 57.5. The van der Waals surface area contributed by atoms with Gasteiger partial charge in [-0.25, -0.2) is 0 Å². The maximum atomic E-state index is 13.4. The van der Waals surface area contributed by atoms with Gasteiger partial charge in [0.1, 0.15) is 73.2 Å². The molecule has 3 aliphatic rings. The predicted octanol–water partition coefficient (Wildman–Crippen LogP) is 10.7. The molecule has 19 heteroatoms. The largest absolute Gasteiger partial charge is 0.394 e. The number of allylic oxidation sites excluding steroid dienone is 9. The van der Waals surface area contributed by atoms with Gasteiger partial charge < -0.3 is 89.9 Å². The Balaban J connectivity index is 1.39. The molecule has 3 rings (SSSR count). The summed E-state index contributed by atoms with van der Waals surface area (Å²) in [6.45, 7) is 1.70. The highest BCUT2D eigenvalue weighted by Crippen LogP contribution is 2.33. The van der Waals surface area contributed by atoms with Gasteiger partial charge in [0.2, 0.25) is 5.91 Å². The topological polar surface area (TPSA) is 307 Å². The molecular formula is C74H133NO18. The smallest absolute Gasteiger partial charge is 0.220 e. The molecular weight excluding hydrogens is 1190 g/mol. The molecule has 0 aliphatic carbocycles. The van der Waals surface area contributed by atoms with Gasteiger partial charge in [-0.15, -0.1) is 0 Å². The number of rotatable bonds is 57. The van der Waals surface area contributed by atoms with Crippen LogP contribution in [0.4, 0.5) is 0 Å². The predicted molar refractivity (Wildman–Crippen MR) is 365 cm³/mol. The summed E-state index contributed by atoms with van der Waals surface area (Å²) in [5.41, 5.74) is 0. The lowest BCUT2D eigenvalue weighted by atomic mass is 9.96. The number of amides is 1. The van der Waals surface area contributed by atoms with Crippen LogP contribution in [0.25, 0.3) is 0 Å². The van der Waals surface area contributed by atoms with Gasteiger partial charge in [0.25, 0.3) is 0 Å². The molecule has 3 aliphatic heterocycles. The third-order valence-corrected chi connectivity index (χ3v) is 18.3. The van der Waals surface area contributed by atoms with Crippen molar-refractivity contribution in [3.8, 4) is 0 Å². The minimum atomic E-state index is -1.98. The second-order valence-electron chi connectivity index (χ2n) is 26.4. The van der Waals surface area contributed by atoms with E-state index in [1.807, 2.05) is 6.08 Å². The normalized spacial score (nSPS) is 27.9. The molecule has 3 fully saturated rings. The molecule has 93 heavy (non-hydrogen) atoms. The number of hydrogen-bond acceptors (Lipinski definition) is 18. The molecule has 0 saturated carbocycles. The quantitative estimate of drug-likeness (QED) is 0.0199. The third kappa shape index (κ3) is 36.8. The second kappa shape index (κ2) is 55.4. The van der Waals surface area contributed by atoms with Gasteiger partial charge in [-0.1, -0.05) is 248 Å². The Morgan fingerprint density at radius 2 is 0.720 bits per heavy atom. The minimum Gasteiger partial charge on any atom is -0.394 e. The Bertz CT molecular complexity index is 1920. The highest BCUT2D eigenvalue weighted by molar-refractivity contribution is 5.76. The number of hydrogen-bond donors (Lipinski definition) is 12. The van der Waals surface area contributed by atoms with Crippen molar-refractivity contribution < 1.29 is 89.4 Å². The van der Waals surface area contributed by atoms with Crippen LogP contribution in [-0.2, 0) is 33.2 Å². The Labute approximate surface area is 560 Å². The molecule has 0 aromatic heterocycles. The van der Waals surface area contributed by atoms with Crippen LogP contribution < -0.4 is 5.32 Å². The number of aliphatic hydroxyl groups excluding tert-OH is 11. The van der Waals surface area contributed by atoms with Gasteiger partial charge in [-0.3, -0.25) is 4.79 Å². The highest BCUT2D eigenvalue weighted by atomic mass is 16.8. The third-order valence-electron chi connectivity index (χ3n) is 18.3. The van der Waals surface area contributed by atoms with E-state index < -0.39 is 124 Å². The first-order valence-corrected chi connectivity index (χ1v) is 37.0. The molecule has 17 atom stereocenters. The van der Waals surface area contributed by atoms with Crippen molar-refractivity contribution in [3.05, 3.63) is 60.8 Å². The zero-order valence-corrected chi connectivity index (χ0v) is 57.5. The number of carbonyl (C=O) groups excluding carboxylic acids is 1. The summed E-state index contributed by atoms with van der Waals surface area (Å²) in [6, 6.07) is -0.997. The fourth-order valence-corrected chi connectivity index (χ4v) is 12.3. The SMILES string of the molecule is CCCCCCC/C=C\C/C=C\CCCCCCCCCCCCCCCCCCCCCC(=O)NC(COC1OC(CO)C(OC2OC(CO)C(OC3OC(CO)C(O)C(O)C3O)C(O)C2O)C(O)C1O)C(O)/C=C/CC/C=C/CC/C=C/CCCCCCCCC. The van der Waals surface area contributed by atoms with Crippen molar-refractivity contribution in [2.45, 2.75) is 375 Å². The van der Waals surface area contributed by atoms with E-state index in [4.69, 9.17) is 28.4 Å². The van der Waals surface area contributed by atoms with Crippen LogP contribution in [-0.4, -0.2) is 193 Å². The molecule has 0 aromatic rings. The monoisotopic (exact) mass is 1320 g/mol. The molecule has 0 radical (unpaired) electrons. The summed E-state index contributed by atoms with van der Waals surface area (Å²) in [5, 5.41) is 121. The zero-order chi connectivity index (χ0) is 67.5. The van der Waals surface area contributed by atoms with Gasteiger partial charge in [0, 0.05) is 6.42 Å². The van der Waals surface area contributed by atoms with Crippen LogP contribution >= 0.6 is 0 Å². The maximum absolute atomic E-state index is 13.4. The number of unbranched alkanes of at least 4 members (excludes halogenated alkanes) is 33. The Morgan fingerprint density at radius 1 is 0.387 bits per heavy atom.